The highest BCUT2D eigenvalue weighted by Gasteiger charge is 2.33. The third-order valence-corrected chi connectivity index (χ3v) is 5.74. The Hall–Kier alpha value is -1.89. The first-order valence-corrected chi connectivity index (χ1v) is 9.83. The van der Waals surface area contributed by atoms with E-state index in [-0.39, 0.29) is 17.9 Å². The molecule has 1 atom stereocenters. The molecule has 1 aliphatic carbocycles. The molecule has 1 saturated heterocycles. The molecule has 0 aromatic carbocycles. The van der Waals surface area contributed by atoms with Crippen LogP contribution in [0.4, 0.5) is 0 Å². The van der Waals surface area contributed by atoms with Crippen LogP contribution in [0.25, 0.3) is 0 Å². The molecule has 0 bridgehead atoms. The van der Waals surface area contributed by atoms with E-state index in [2.05, 4.69) is 10.4 Å². The smallest absolute Gasteiger partial charge is 0.223 e. The molecular formula is C19H28N4O3. The van der Waals surface area contributed by atoms with Gasteiger partial charge in [-0.1, -0.05) is 0 Å². The van der Waals surface area contributed by atoms with Gasteiger partial charge in [-0.15, -0.1) is 0 Å². The summed E-state index contributed by atoms with van der Waals surface area (Å²) in [5.41, 5.74) is 1.02. The predicted octanol–water partition coefficient (Wildman–Crippen LogP) is 1.50. The number of fused-ring (bicyclic) bond motifs is 1. The predicted molar refractivity (Wildman–Crippen MR) is 95.2 cm³/mol. The van der Waals surface area contributed by atoms with Gasteiger partial charge in [-0.2, -0.15) is 5.10 Å². The number of rotatable bonds is 6. The van der Waals surface area contributed by atoms with Gasteiger partial charge in [0.15, 0.2) is 0 Å². The number of ether oxygens (including phenoxy) is 1. The fourth-order valence-corrected chi connectivity index (χ4v) is 3.92. The Balaban J connectivity index is 1.33. The molecule has 2 amide bonds. The van der Waals surface area contributed by atoms with Crippen molar-refractivity contribution in [3.63, 3.8) is 0 Å². The van der Waals surface area contributed by atoms with Gasteiger partial charge in [0.25, 0.3) is 0 Å². The van der Waals surface area contributed by atoms with E-state index in [0.29, 0.717) is 44.3 Å². The van der Waals surface area contributed by atoms with E-state index in [1.54, 1.807) is 6.20 Å². The number of amides is 2. The van der Waals surface area contributed by atoms with E-state index >= 15 is 0 Å². The minimum Gasteiger partial charge on any atom is -0.381 e. The molecule has 26 heavy (non-hydrogen) atoms. The first kappa shape index (κ1) is 17.5. The molecule has 0 spiro atoms. The van der Waals surface area contributed by atoms with E-state index in [4.69, 9.17) is 4.74 Å². The summed E-state index contributed by atoms with van der Waals surface area (Å²) in [6.45, 7) is 3.47. The minimum atomic E-state index is -0.0772. The summed E-state index contributed by atoms with van der Waals surface area (Å²) in [4.78, 5) is 26.9. The van der Waals surface area contributed by atoms with Gasteiger partial charge in [-0.05, 0) is 43.6 Å². The zero-order chi connectivity index (χ0) is 17.9. The summed E-state index contributed by atoms with van der Waals surface area (Å²) < 4.78 is 7.29. The molecule has 1 saturated carbocycles. The van der Waals surface area contributed by atoms with Crippen LogP contribution in [-0.2, 0) is 20.9 Å². The lowest BCUT2D eigenvalue weighted by molar-refractivity contribution is -0.134. The Morgan fingerprint density at radius 1 is 1.15 bits per heavy atom. The molecule has 1 aromatic heterocycles. The monoisotopic (exact) mass is 360 g/mol. The number of carbonyl (C=O) groups excluding carboxylic acids is 2. The van der Waals surface area contributed by atoms with Crippen molar-refractivity contribution in [1.29, 1.82) is 0 Å². The van der Waals surface area contributed by atoms with E-state index < -0.39 is 0 Å². The van der Waals surface area contributed by atoms with Crippen LogP contribution in [0.2, 0.25) is 0 Å². The summed E-state index contributed by atoms with van der Waals surface area (Å²) in [6.07, 6.45) is 7.15. The van der Waals surface area contributed by atoms with Crippen LogP contribution in [0.5, 0.6) is 0 Å². The molecule has 2 fully saturated rings. The average Bonchev–Trinajstić information content (AvgIpc) is 3.33. The van der Waals surface area contributed by atoms with Gasteiger partial charge in [0.2, 0.25) is 11.8 Å². The Morgan fingerprint density at radius 2 is 1.96 bits per heavy atom. The van der Waals surface area contributed by atoms with Gasteiger partial charge < -0.3 is 15.0 Å². The van der Waals surface area contributed by atoms with Crippen LogP contribution in [0, 0.1) is 11.8 Å². The number of hydrogen-bond acceptors (Lipinski definition) is 4. The number of aromatic nitrogens is 2. The third kappa shape index (κ3) is 4.26. The summed E-state index contributed by atoms with van der Waals surface area (Å²) in [6, 6.07) is 1.87. The maximum Gasteiger partial charge on any atom is 0.223 e. The van der Waals surface area contributed by atoms with Crippen LogP contribution < -0.4 is 5.32 Å². The summed E-state index contributed by atoms with van der Waals surface area (Å²) in [7, 11) is 0. The Bertz CT molecular complexity index is 649. The molecule has 142 valence electrons. The fourth-order valence-electron chi connectivity index (χ4n) is 3.92. The van der Waals surface area contributed by atoms with Crippen LogP contribution in [-0.4, -0.2) is 52.8 Å². The van der Waals surface area contributed by atoms with Gasteiger partial charge in [-0.3, -0.25) is 14.3 Å². The van der Waals surface area contributed by atoms with Gasteiger partial charge in [0, 0.05) is 38.9 Å². The van der Waals surface area contributed by atoms with Crippen molar-refractivity contribution in [2.45, 2.75) is 51.1 Å². The summed E-state index contributed by atoms with van der Waals surface area (Å²) in [5, 5.41) is 7.46. The first-order chi connectivity index (χ1) is 12.7. The molecular weight excluding hydrogens is 332 g/mol. The van der Waals surface area contributed by atoms with Gasteiger partial charge in [0.05, 0.1) is 24.7 Å². The van der Waals surface area contributed by atoms with E-state index in [9.17, 15) is 9.59 Å². The lowest BCUT2D eigenvalue weighted by Crippen LogP contribution is -2.43. The Morgan fingerprint density at radius 3 is 2.73 bits per heavy atom. The molecule has 3 aliphatic rings. The van der Waals surface area contributed by atoms with Crippen LogP contribution in [0.15, 0.2) is 12.3 Å². The zero-order valence-corrected chi connectivity index (χ0v) is 15.2. The second kappa shape index (κ2) is 7.78. The molecule has 0 radical (unpaired) electrons. The third-order valence-electron chi connectivity index (χ3n) is 5.74. The number of carbonyl (C=O) groups is 2. The first-order valence-electron chi connectivity index (χ1n) is 9.83. The van der Waals surface area contributed by atoms with Crippen molar-refractivity contribution >= 4 is 11.8 Å². The van der Waals surface area contributed by atoms with E-state index in [0.717, 1.165) is 31.7 Å². The highest BCUT2D eigenvalue weighted by Crippen LogP contribution is 2.34. The molecule has 1 aromatic rings. The standard InChI is InChI=1S/C19H28N4O3/c24-18(20-11-15-4-7-26-8-5-15)10-17-13-22(19(25)9-14-1-2-14)12-16-3-6-21-23(16)17/h3,6,14-15,17H,1-2,4-5,7-13H2,(H,20,24). The van der Waals surface area contributed by atoms with Crippen molar-refractivity contribution in [2.75, 3.05) is 26.3 Å². The largest absolute Gasteiger partial charge is 0.381 e. The van der Waals surface area contributed by atoms with Crippen molar-refractivity contribution in [3.8, 4) is 0 Å². The molecule has 1 unspecified atom stereocenters. The number of nitrogens with one attached hydrogen (secondary N) is 1. The summed E-state index contributed by atoms with van der Waals surface area (Å²) >= 11 is 0. The summed E-state index contributed by atoms with van der Waals surface area (Å²) in [5.74, 6) is 1.35. The minimum absolute atomic E-state index is 0.0411. The van der Waals surface area contributed by atoms with Gasteiger partial charge >= 0.3 is 0 Å². The highest BCUT2D eigenvalue weighted by atomic mass is 16.5. The van der Waals surface area contributed by atoms with Gasteiger partial charge in [-0.25, -0.2) is 0 Å². The maximum absolute atomic E-state index is 12.5. The lowest BCUT2D eigenvalue weighted by atomic mass is 10.0. The molecule has 3 heterocycles. The number of hydrogen-bond donors (Lipinski definition) is 1. The molecule has 7 heteroatoms. The molecule has 2 aliphatic heterocycles. The molecule has 7 nitrogen and oxygen atoms in total. The maximum atomic E-state index is 12.5. The van der Waals surface area contributed by atoms with E-state index in [1.807, 2.05) is 15.6 Å². The Labute approximate surface area is 154 Å². The van der Waals surface area contributed by atoms with Crippen molar-refractivity contribution < 1.29 is 14.3 Å². The SMILES string of the molecule is O=C(CC1CN(C(=O)CC2CC2)Cc2ccnn21)NCC1CCOCC1. The lowest BCUT2D eigenvalue weighted by Gasteiger charge is -2.34. The second-order valence-corrected chi connectivity index (χ2v) is 7.91. The average molecular weight is 360 g/mol. The van der Waals surface area contributed by atoms with Gasteiger partial charge in [0.1, 0.15) is 0 Å². The molecule has 4 rings (SSSR count). The second-order valence-electron chi connectivity index (χ2n) is 7.91. The molecule has 1 N–H and O–H groups in total. The van der Waals surface area contributed by atoms with Crippen molar-refractivity contribution in [2.24, 2.45) is 11.8 Å². The van der Waals surface area contributed by atoms with Crippen LogP contribution in [0.1, 0.15) is 50.3 Å². The van der Waals surface area contributed by atoms with Crippen LogP contribution >= 0.6 is 0 Å². The number of nitrogens with zero attached hydrogens (tertiary/aromatic N) is 3. The fraction of sp³-hybridized carbons (Fsp3) is 0.737. The highest BCUT2D eigenvalue weighted by molar-refractivity contribution is 5.78. The van der Waals surface area contributed by atoms with Crippen LogP contribution in [0.3, 0.4) is 0 Å². The van der Waals surface area contributed by atoms with Crippen molar-refractivity contribution in [1.82, 2.24) is 20.0 Å². The zero-order valence-electron chi connectivity index (χ0n) is 15.2. The quantitative estimate of drug-likeness (QED) is 0.834. The Kier molecular flexibility index (Phi) is 5.24. The van der Waals surface area contributed by atoms with E-state index in [1.165, 1.54) is 12.8 Å². The topological polar surface area (TPSA) is 76.5 Å². The normalized spacial score (nSPS) is 23.5. The van der Waals surface area contributed by atoms with Crippen molar-refractivity contribution in [3.05, 3.63) is 18.0 Å².